The molecule has 28 heteroatoms. The van der Waals surface area contributed by atoms with Crippen LogP contribution in [0.4, 0.5) is 56.0 Å². The summed E-state index contributed by atoms with van der Waals surface area (Å²) in [6.07, 6.45) is 5.39. The van der Waals surface area contributed by atoms with Crippen molar-refractivity contribution in [1.82, 2.24) is 23.7 Å². The summed E-state index contributed by atoms with van der Waals surface area (Å²) in [6.45, 7) is 14.0. The number of nitrogens with zero attached hydrogens (tertiary/aromatic N) is 11. The van der Waals surface area contributed by atoms with Crippen LogP contribution in [0.1, 0.15) is 70.9 Å². The maximum Gasteiger partial charge on any atom is 0.304 e. The van der Waals surface area contributed by atoms with E-state index in [2.05, 4.69) is 49.6 Å². The van der Waals surface area contributed by atoms with Gasteiger partial charge in [-0.3, -0.25) is 9.11 Å². The summed E-state index contributed by atoms with van der Waals surface area (Å²) in [5.41, 5.74) is 3.86. The molecule has 0 radical (unpaired) electrons. The molecule has 0 saturated heterocycles. The first-order valence-electron chi connectivity index (χ1n) is 22.4. The number of anilines is 6. The molecule has 71 heavy (non-hydrogen) atoms. The van der Waals surface area contributed by atoms with Gasteiger partial charge in [-0.05, 0) is 101 Å². The number of rotatable bonds is 20. The van der Waals surface area contributed by atoms with Crippen LogP contribution in [0.15, 0.2) is 58.3 Å². The third-order valence-corrected chi connectivity index (χ3v) is 19.9. The minimum absolute atomic E-state index is 0.190. The van der Waals surface area contributed by atoms with Crippen LogP contribution in [0.2, 0.25) is 0 Å². The molecule has 0 bridgehead atoms. The number of benzene rings is 2. The third-order valence-electron chi connectivity index (χ3n) is 11.7. The van der Waals surface area contributed by atoms with Crippen molar-refractivity contribution in [2.24, 2.45) is 20.5 Å². The molecule has 2 aromatic carbocycles. The molecule has 1 aliphatic carbocycles. The third kappa shape index (κ3) is 11.2. The van der Waals surface area contributed by atoms with Gasteiger partial charge in [0.2, 0.25) is 11.9 Å². The Labute approximate surface area is 431 Å². The zero-order valence-corrected chi connectivity index (χ0v) is 45.6. The van der Waals surface area contributed by atoms with Crippen LogP contribution in [0.5, 0.6) is 11.5 Å². The van der Waals surface area contributed by atoms with Crippen LogP contribution in [0, 0.1) is 13.8 Å². The number of azo groups is 2. The van der Waals surface area contributed by atoms with Gasteiger partial charge in [-0.15, -0.1) is 20.5 Å². The van der Waals surface area contributed by atoms with E-state index in [1.165, 1.54) is 6.42 Å². The number of nitrogens with one attached hydrogen (secondary N) is 2. The summed E-state index contributed by atoms with van der Waals surface area (Å²) < 4.78 is 88.6. The van der Waals surface area contributed by atoms with E-state index < -0.39 is 20.2 Å². The Balaban J connectivity index is 1.25. The summed E-state index contributed by atoms with van der Waals surface area (Å²) in [7, 11) is -5.81. The highest BCUT2D eigenvalue weighted by molar-refractivity contribution is 7.99. The molecule has 0 aliphatic heterocycles. The topological polar surface area (TPSA) is 272 Å². The molecule has 1 aliphatic rings. The lowest BCUT2D eigenvalue weighted by molar-refractivity contribution is 0.414. The van der Waals surface area contributed by atoms with E-state index in [-0.39, 0.29) is 25.6 Å². The Morgan fingerprint density at radius 2 is 1.08 bits per heavy atom. The van der Waals surface area contributed by atoms with Crippen molar-refractivity contribution >= 4 is 154 Å². The molecule has 21 nitrogen and oxygen atoms in total. The Morgan fingerprint density at radius 1 is 0.662 bits per heavy atom. The molecule has 5 aromatic heterocycles. The highest BCUT2D eigenvalue weighted by Gasteiger charge is 2.27. The van der Waals surface area contributed by atoms with Crippen LogP contribution in [0.25, 0.3) is 20.4 Å². The highest BCUT2D eigenvalue weighted by atomic mass is 32.3. The van der Waals surface area contributed by atoms with E-state index in [1.54, 1.807) is 52.0 Å². The molecule has 1 fully saturated rings. The monoisotopic (exact) mass is 1100 g/mol. The molecular weight excluding hydrogens is 1050 g/mol. The Kier molecular flexibility index (Phi) is 16.1. The molecule has 378 valence electrons. The summed E-state index contributed by atoms with van der Waals surface area (Å²) in [6, 6.07) is 7.29. The number of fused-ring (bicyclic) bond motifs is 2. The average molecular weight is 1100 g/mol. The van der Waals surface area contributed by atoms with E-state index >= 15 is 0 Å². The van der Waals surface area contributed by atoms with E-state index in [1.807, 2.05) is 39.8 Å². The van der Waals surface area contributed by atoms with Crippen molar-refractivity contribution in [2.75, 3.05) is 60.8 Å². The Morgan fingerprint density at radius 3 is 1.46 bits per heavy atom. The number of thiophene rings is 2. The molecule has 7 aromatic rings. The van der Waals surface area contributed by atoms with Gasteiger partial charge >= 0.3 is 20.2 Å². The highest BCUT2D eigenvalue weighted by Crippen LogP contribution is 2.47. The Bertz CT molecular complexity index is 3170. The number of aromatic nitrogens is 5. The standard InChI is InChI=1S/C43H51N13O8S7/c1-9-55(10-2)29-18-25(27(20-31(29)63-7)49-51-35-33-22(5)39(70(57,58)59)66-37(33)53-68-35)44-41-46-42(48-43(47-41)65-24-16-14-13-15-17-24)45-26-19-30(56(11-3)12-4)32(64-8)21-28(26)50-52-36-34-23(6)40(71(60,61)62)67-38(34)54-69-36/h18-21,24H,9-17H2,1-8H3,(H,57,58,59)(H,60,61,62)(H2,44,45,46,47,48)/b51-49+,52-50+. The van der Waals surface area contributed by atoms with Crippen molar-refractivity contribution in [3.63, 3.8) is 0 Å². The zero-order chi connectivity index (χ0) is 50.8. The second kappa shape index (κ2) is 21.9. The predicted octanol–water partition coefficient (Wildman–Crippen LogP) is 12.8. The maximum atomic E-state index is 12.2. The van der Waals surface area contributed by atoms with Crippen molar-refractivity contribution in [3.8, 4) is 11.5 Å². The molecule has 8 rings (SSSR count). The fourth-order valence-electron chi connectivity index (χ4n) is 8.20. The zero-order valence-electron chi connectivity index (χ0n) is 39.9. The van der Waals surface area contributed by atoms with Crippen molar-refractivity contribution in [3.05, 3.63) is 35.4 Å². The normalized spacial score (nSPS) is 13.8. The first-order chi connectivity index (χ1) is 34.0. The fourth-order valence-corrected chi connectivity index (χ4v) is 15.2. The first-order valence-corrected chi connectivity index (χ1v) is 29.4. The summed E-state index contributed by atoms with van der Waals surface area (Å²) in [5.74, 6) is 1.45. The van der Waals surface area contributed by atoms with Gasteiger partial charge in [0, 0.05) is 43.6 Å². The lowest BCUT2D eigenvalue weighted by Gasteiger charge is -2.25. The van der Waals surface area contributed by atoms with Crippen molar-refractivity contribution in [2.45, 2.75) is 92.5 Å². The van der Waals surface area contributed by atoms with Crippen LogP contribution in [0.3, 0.4) is 0 Å². The van der Waals surface area contributed by atoms with E-state index in [4.69, 9.17) is 24.4 Å². The maximum absolute atomic E-state index is 12.2. The average Bonchev–Trinajstić information content (AvgIpc) is 4.11. The number of hydrogen-bond acceptors (Lipinski definition) is 24. The van der Waals surface area contributed by atoms with Crippen LogP contribution < -0.4 is 29.9 Å². The lowest BCUT2D eigenvalue weighted by atomic mass is 10.0. The quantitative estimate of drug-likeness (QED) is 0.0408. The summed E-state index contributed by atoms with van der Waals surface area (Å²) in [4.78, 5) is 19.9. The lowest BCUT2D eigenvalue weighted by Crippen LogP contribution is -2.22. The molecule has 0 spiro atoms. The van der Waals surface area contributed by atoms with Crippen LogP contribution in [-0.4, -0.2) is 95.3 Å². The fraction of sp³-hybridized carbons (Fsp3) is 0.419. The van der Waals surface area contributed by atoms with Gasteiger partial charge in [0.25, 0.3) is 0 Å². The SMILES string of the molecule is CCN(CC)c1cc(Nc2nc(Nc3cc(N(CC)CC)c(OC)cc3/N=N/c3snc4sc(S(=O)(=O)O)c(C)c34)nc(SC3CCCCC3)n2)c(/N=N/c2snc3sc(S(=O)(=O)O)c(C)c23)cc1OC. The van der Waals surface area contributed by atoms with Gasteiger partial charge in [-0.2, -0.15) is 40.5 Å². The van der Waals surface area contributed by atoms with Gasteiger partial charge in [0.1, 0.15) is 32.5 Å². The van der Waals surface area contributed by atoms with Crippen LogP contribution in [-0.2, 0) is 20.2 Å². The number of hydrogen-bond donors (Lipinski definition) is 4. The van der Waals surface area contributed by atoms with E-state index in [0.717, 1.165) is 82.8 Å². The van der Waals surface area contributed by atoms with Gasteiger partial charge in [-0.1, -0.05) is 53.7 Å². The molecular formula is C43H51N13O8S7. The van der Waals surface area contributed by atoms with Crippen molar-refractivity contribution in [1.29, 1.82) is 0 Å². The van der Waals surface area contributed by atoms with Gasteiger partial charge in [0.15, 0.2) is 23.6 Å². The number of methoxy groups -OCH3 is 2. The molecule has 1 saturated carbocycles. The minimum atomic E-state index is -4.48. The van der Waals surface area contributed by atoms with E-state index in [0.29, 0.717) is 107 Å². The minimum Gasteiger partial charge on any atom is -0.494 e. The van der Waals surface area contributed by atoms with E-state index in [9.17, 15) is 25.9 Å². The van der Waals surface area contributed by atoms with Crippen molar-refractivity contribution < 1.29 is 35.4 Å². The molecule has 4 N–H and O–H groups in total. The molecule has 0 atom stereocenters. The number of aryl methyl sites for hydroxylation is 2. The first kappa shape index (κ1) is 52.1. The van der Waals surface area contributed by atoms with Crippen LogP contribution >= 0.6 is 57.5 Å². The second-order valence-corrected chi connectivity index (χ2v) is 24.0. The smallest absolute Gasteiger partial charge is 0.304 e. The summed E-state index contributed by atoms with van der Waals surface area (Å²) >= 11 is 5.42. The largest absolute Gasteiger partial charge is 0.494 e. The predicted molar refractivity (Wildman–Crippen MR) is 285 cm³/mol. The van der Waals surface area contributed by atoms with Gasteiger partial charge in [-0.25, -0.2) is 0 Å². The molecule has 5 heterocycles. The molecule has 0 unspecified atom stereocenters. The van der Waals surface area contributed by atoms with Gasteiger partial charge < -0.3 is 29.9 Å². The number of ether oxygens (including phenoxy) is 2. The number of thioether (sulfide) groups is 1. The second-order valence-electron chi connectivity index (χ2n) is 16.0. The molecule has 0 amide bonds. The Hall–Kier alpha value is -5.20. The summed E-state index contributed by atoms with van der Waals surface area (Å²) in [5, 5.41) is 27.7. The van der Waals surface area contributed by atoms with Gasteiger partial charge in [0.05, 0.1) is 47.7 Å².